The summed E-state index contributed by atoms with van der Waals surface area (Å²) in [5, 5.41) is 11.9. The van der Waals surface area contributed by atoms with E-state index < -0.39 is 12.6 Å². The highest BCUT2D eigenvalue weighted by atomic mass is 16.5. The summed E-state index contributed by atoms with van der Waals surface area (Å²) in [4.78, 5) is 23.4. The molecule has 0 aromatic heterocycles. The Labute approximate surface area is 153 Å². The molecule has 1 heterocycles. The molecule has 3 rings (SSSR count). The number of aryl methyl sites for hydroxylation is 2. The maximum atomic E-state index is 12.7. The fraction of sp³-hybridized carbons (Fsp3) is 0.600. The normalized spacial score (nSPS) is 21.5. The highest BCUT2D eigenvalue weighted by Gasteiger charge is 2.40. The Morgan fingerprint density at radius 2 is 1.92 bits per heavy atom. The number of amides is 1. The molecule has 26 heavy (non-hydrogen) atoms. The van der Waals surface area contributed by atoms with Gasteiger partial charge in [-0.05, 0) is 62.8 Å². The van der Waals surface area contributed by atoms with Crippen LogP contribution in [-0.4, -0.2) is 41.8 Å². The van der Waals surface area contributed by atoms with Crippen LogP contribution in [0, 0.1) is 13.8 Å². The number of aliphatic carboxylic acids is 1. The van der Waals surface area contributed by atoms with Crippen LogP contribution in [0.5, 0.6) is 5.75 Å². The number of carbonyl (C=O) groups excluding carboxylic acids is 1. The third-order valence-electron chi connectivity index (χ3n) is 5.41. The Kier molecular flexibility index (Phi) is 5.51. The first-order valence-electron chi connectivity index (χ1n) is 9.29. The molecule has 1 unspecified atom stereocenters. The van der Waals surface area contributed by atoms with Gasteiger partial charge in [0.25, 0.3) is 5.91 Å². The topological polar surface area (TPSA) is 84.9 Å². The van der Waals surface area contributed by atoms with Crippen LogP contribution in [0.25, 0.3) is 0 Å². The second-order valence-electron chi connectivity index (χ2n) is 7.52. The minimum atomic E-state index is -1.02. The zero-order valence-electron chi connectivity index (χ0n) is 15.5. The lowest BCUT2D eigenvalue weighted by atomic mass is 9.88. The Bertz CT molecular complexity index is 670. The van der Waals surface area contributed by atoms with E-state index in [1.165, 1.54) is 12.8 Å². The fourth-order valence-electron chi connectivity index (χ4n) is 4.23. The van der Waals surface area contributed by atoms with Crippen LogP contribution in [0.4, 0.5) is 0 Å². The van der Waals surface area contributed by atoms with E-state index in [4.69, 9.17) is 14.6 Å². The average molecular weight is 361 g/mol. The second kappa shape index (κ2) is 7.66. The summed E-state index contributed by atoms with van der Waals surface area (Å²) in [5.74, 6) is -0.591. The summed E-state index contributed by atoms with van der Waals surface area (Å²) in [6.07, 6.45) is 6.32. The van der Waals surface area contributed by atoms with Crippen LogP contribution >= 0.6 is 0 Å². The van der Waals surface area contributed by atoms with Crippen molar-refractivity contribution >= 4 is 11.9 Å². The van der Waals surface area contributed by atoms with Crippen LogP contribution in [-0.2, 0) is 9.53 Å². The van der Waals surface area contributed by atoms with E-state index in [-0.39, 0.29) is 17.6 Å². The Morgan fingerprint density at radius 3 is 2.54 bits per heavy atom. The molecule has 2 aliphatic rings. The molecule has 1 aliphatic carbocycles. The third kappa shape index (κ3) is 4.18. The number of benzene rings is 1. The molecular weight excluding hydrogens is 334 g/mol. The lowest BCUT2D eigenvalue weighted by molar-refractivity contribution is -0.139. The number of rotatable bonds is 5. The molecule has 2 N–H and O–H groups in total. The first-order valence-corrected chi connectivity index (χ1v) is 9.29. The highest BCUT2D eigenvalue weighted by molar-refractivity contribution is 5.95. The minimum absolute atomic E-state index is 0.0312. The van der Waals surface area contributed by atoms with Crippen molar-refractivity contribution in [1.29, 1.82) is 0 Å². The molecule has 0 radical (unpaired) electrons. The van der Waals surface area contributed by atoms with Crippen LogP contribution in [0.1, 0.15) is 60.0 Å². The molecule has 0 bridgehead atoms. The predicted octanol–water partition coefficient (Wildman–Crippen LogP) is 2.99. The number of nitrogens with one attached hydrogen (secondary N) is 1. The Balaban J connectivity index is 1.67. The van der Waals surface area contributed by atoms with Crippen molar-refractivity contribution in [3.05, 3.63) is 28.8 Å². The molecule has 1 aromatic carbocycles. The first-order chi connectivity index (χ1) is 12.4. The third-order valence-corrected chi connectivity index (χ3v) is 5.41. The first kappa shape index (κ1) is 18.7. The molecule has 1 saturated carbocycles. The monoisotopic (exact) mass is 361 g/mol. The highest BCUT2D eigenvalue weighted by Crippen LogP contribution is 2.40. The van der Waals surface area contributed by atoms with Crippen molar-refractivity contribution in [1.82, 2.24) is 5.32 Å². The maximum Gasteiger partial charge on any atom is 0.341 e. The number of carboxylic acids is 1. The maximum absolute atomic E-state index is 12.7. The summed E-state index contributed by atoms with van der Waals surface area (Å²) in [5.41, 5.74) is 2.07. The second-order valence-corrected chi connectivity index (χ2v) is 7.52. The molecule has 1 atom stereocenters. The van der Waals surface area contributed by atoms with E-state index in [0.717, 1.165) is 36.8 Å². The SMILES string of the molecule is Cc1cc(C(=O)NC2CCOC3(CCCC3)C2)cc(C)c1OCC(=O)O. The molecule has 2 fully saturated rings. The zero-order valence-corrected chi connectivity index (χ0v) is 15.5. The fourth-order valence-corrected chi connectivity index (χ4v) is 4.23. The van der Waals surface area contributed by atoms with E-state index in [2.05, 4.69) is 5.32 Å². The van der Waals surface area contributed by atoms with E-state index in [0.29, 0.717) is 17.9 Å². The van der Waals surface area contributed by atoms with Crippen molar-refractivity contribution < 1.29 is 24.2 Å². The van der Waals surface area contributed by atoms with E-state index in [1.807, 2.05) is 13.8 Å². The van der Waals surface area contributed by atoms with Crippen molar-refractivity contribution in [3.63, 3.8) is 0 Å². The largest absolute Gasteiger partial charge is 0.481 e. The van der Waals surface area contributed by atoms with E-state index in [9.17, 15) is 9.59 Å². The van der Waals surface area contributed by atoms with Gasteiger partial charge in [-0.3, -0.25) is 4.79 Å². The van der Waals surface area contributed by atoms with Gasteiger partial charge in [-0.15, -0.1) is 0 Å². The van der Waals surface area contributed by atoms with Gasteiger partial charge in [-0.25, -0.2) is 4.79 Å². The number of ether oxygens (including phenoxy) is 2. The van der Waals surface area contributed by atoms with Gasteiger partial charge in [0.15, 0.2) is 6.61 Å². The number of carboxylic acid groups (broad SMARTS) is 1. The molecular formula is C20H27NO5. The van der Waals surface area contributed by atoms with Gasteiger partial charge in [0, 0.05) is 18.2 Å². The van der Waals surface area contributed by atoms with Gasteiger partial charge in [0.2, 0.25) is 0 Å². The summed E-state index contributed by atoms with van der Waals surface area (Å²) in [6, 6.07) is 3.65. The summed E-state index contributed by atoms with van der Waals surface area (Å²) in [6.45, 7) is 3.95. The smallest absolute Gasteiger partial charge is 0.341 e. The molecule has 1 saturated heterocycles. The van der Waals surface area contributed by atoms with Crippen LogP contribution in [0.15, 0.2) is 12.1 Å². The molecule has 1 amide bonds. The van der Waals surface area contributed by atoms with Crippen molar-refractivity contribution in [2.45, 2.75) is 64.0 Å². The van der Waals surface area contributed by atoms with Gasteiger partial charge in [-0.2, -0.15) is 0 Å². The molecule has 6 heteroatoms. The summed E-state index contributed by atoms with van der Waals surface area (Å²) in [7, 11) is 0. The molecule has 6 nitrogen and oxygen atoms in total. The van der Waals surface area contributed by atoms with Gasteiger partial charge in [0.1, 0.15) is 5.75 Å². The standard InChI is InChI=1S/C20H27NO5/c1-13-9-15(10-14(2)18(13)25-12-17(22)23)19(24)21-16-5-8-26-20(11-16)6-3-4-7-20/h9-10,16H,3-8,11-12H2,1-2H3,(H,21,24)(H,22,23). The van der Waals surface area contributed by atoms with Gasteiger partial charge < -0.3 is 19.9 Å². The number of carbonyl (C=O) groups is 2. The zero-order chi connectivity index (χ0) is 18.7. The van der Waals surface area contributed by atoms with Gasteiger partial charge >= 0.3 is 5.97 Å². The van der Waals surface area contributed by atoms with E-state index >= 15 is 0 Å². The van der Waals surface area contributed by atoms with Crippen molar-refractivity contribution in [2.75, 3.05) is 13.2 Å². The average Bonchev–Trinajstić information content (AvgIpc) is 3.01. The molecule has 1 aliphatic heterocycles. The summed E-state index contributed by atoms with van der Waals surface area (Å²) >= 11 is 0. The molecule has 1 spiro atoms. The number of hydrogen-bond donors (Lipinski definition) is 2. The van der Waals surface area contributed by atoms with Crippen LogP contribution < -0.4 is 10.1 Å². The molecule has 1 aromatic rings. The molecule has 142 valence electrons. The van der Waals surface area contributed by atoms with Crippen LogP contribution in [0.2, 0.25) is 0 Å². The quantitative estimate of drug-likeness (QED) is 0.842. The minimum Gasteiger partial charge on any atom is -0.481 e. The lowest BCUT2D eigenvalue weighted by Gasteiger charge is -2.38. The van der Waals surface area contributed by atoms with Crippen molar-refractivity contribution in [3.8, 4) is 5.75 Å². The Morgan fingerprint density at radius 1 is 1.27 bits per heavy atom. The van der Waals surface area contributed by atoms with Gasteiger partial charge in [0.05, 0.1) is 5.60 Å². The Hall–Kier alpha value is -2.08. The predicted molar refractivity (Wildman–Crippen MR) is 96.7 cm³/mol. The van der Waals surface area contributed by atoms with Crippen molar-refractivity contribution in [2.24, 2.45) is 0 Å². The summed E-state index contributed by atoms with van der Waals surface area (Å²) < 4.78 is 11.4. The lowest BCUT2D eigenvalue weighted by Crippen LogP contribution is -2.47. The van der Waals surface area contributed by atoms with Gasteiger partial charge in [-0.1, -0.05) is 12.8 Å². The van der Waals surface area contributed by atoms with Crippen LogP contribution in [0.3, 0.4) is 0 Å². The number of hydrogen-bond acceptors (Lipinski definition) is 4. The van der Waals surface area contributed by atoms with E-state index in [1.54, 1.807) is 12.1 Å².